The number of fused-ring (bicyclic) bond motifs is 6. The van der Waals surface area contributed by atoms with E-state index >= 15 is 0 Å². The zero-order chi connectivity index (χ0) is 19.1. The van der Waals surface area contributed by atoms with Gasteiger partial charge in [0.1, 0.15) is 0 Å². The van der Waals surface area contributed by atoms with Crippen LogP contribution >= 0.6 is 0 Å². The summed E-state index contributed by atoms with van der Waals surface area (Å²) in [6.07, 6.45) is 2.11. The van der Waals surface area contributed by atoms with Gasteiger partial charge in [0.25, 0.3) is 0 Å². The van der Waals surface area contributed by atoms with Crippen LogP contribution in [0, 0.1) is 26.0 Å². The van der Waals surface area contributed by atoms with Crippen LogP contribution in [0.15, 0.2) is 72.8 Å². The predicted molar refractivity (Wildman–Crippen MR) is 117 cm³/mol. The van der Waals surface area contributed by atoms with Gasteiger partial charge in [-0.3, -0.25) is 0 Å². The van der Waals surface area contributed by atoms with Crippen LogP contribution in [0.2, 0.25) is 0 Å². The van der Waals surface area contributed by atoms with Gasteiger partial charge >= 0.3 is 52.4 Å². The van der Waals surface area contributed by atoms with E-state index in [0.29, 0.717) is 0 Å². The molecule has 0 atom stereocenters. The molecule has 0 spiro atoms. The van der Waals surface area contributed by atoms with Crippen LogP contribution in [0.1, 0.15) is 33.4 Å². The standard InChI is InChI=1S/2C14H11.2ClH.2Zr/c2*1-10-5-4-8-13-12-7-3-2-6-11(12)9-14(10)13;;;;/h2*2-5,7-8H,9H2,1H3;2*1H;;/q2*-1;;;2*+2/p-2. The van der Waals surface area contributed by atoms with Gasteiger partial charge in [-0.25, -0.2) is 0 Å². The van der Waals surface area contributed by atoms with Crippen molar-refractivity contribution in [3.63, 3.8) is 0 Å². The van der Waals surface area contributed by atoms with Crippen molar-refractivity contribution in [1.29, 1.82) is 0 Å². The summed E-state index contributed by atoms with van der Waals surface area (Å²) in [4.78, 5) is 0. The van der Waals surface area contributed by atoms with Crippen molar-refractivity contribution in [2.45, 2.75) is 26.7 Å². The maximum Gasteiger partial charge on any atom is 2.00 e. The van der Waals surface area contributed by atoms with Gasteiger partial charge in [-0.05, 0) is 48.9 Å². The maximum absolute atomic E-state index is 3.32. The molecule has 0 saturated heterocycles. The van der Waals surface area contributed by atoms with Crippen molar-refractivity contribution in [2.75, 3.05) is 0 Å². The molecule has 0 unspecified atom stereocenters. The molecule has 4 aromatic rings. The molecule has 0 aromatic heterocycles. The Kier molecular flexibility index (Phi) is 11.5. The third-order valence-electron chi connectivity index (χ3n) is 5.99. The molecule has 0 saturated carbocycles. The van der Waals surface area contributed by atoms with E-state index in [0.717, 1.165) is 12.8 Å². The summed E-state index contributed by atoms with van der Waals surface area (Å²) >= 11 is 0. The van der Waals surface area contributed by atoms with Gasteiger partial charge in [-0.2, -0.15) is 59.7 Å². The Morgan fingerprint density at radius 1 is 0.531 bits per heavy atom. The average molecular weight is 612 g/mol. The summed E-state index contributed by atoms with van der Waals surface area (Å²) in [5, 5.41) is 0. The molecule has 0 nitrogen and oxygen atoms in total. The van der Waals surface area contributed by atoms with Crippen molar-refractivity contribution in [3.05, 3.63) is 118 Å². The second kappa shape index (κ2) is 12.6. The summed E-state index contributed by atoms with van der Waals surface area (Å²) in [5.41, 5.74) is 14.0. The Balaban J connectivity index is 0.000000284. The van der Waals surface area contributed by atoms with Crippen molar-refractivity contribution in [1.82, 2.24) is 0 Å². The molecule has 0 radical (unpaired) electrons. The van der Waals surface area contributed by atoms with Crippen LogP contribution < -0.4 is 24.8 Å². The molecule has 0 N–H and O–H groups in total. The fourth-order valence-electron chi connectivity index (χ4n) is 4.47. The van der Waals surface area contributed by atoms with E-state index in [9.17, 15) is 0 Å². The number of benzene rings is 4. The molecular formula is C28H22Cl2Zr2. The summed E-state index contributed by atoms with van der Waals surface area (Å²) in [6, 6.07) is 32.2. The smallest absolute Gasteiger partial charge is 1.00 e. The van der Waals surface area contributed by atoms with E-state index in [4.69, 9.17) is 0 Å². The summed E-state index contributed by atoms with van der Waals surface area (Å²) in [6.45, 7) is 4.37. The van der Waals surface area contributed by atoms with Gasteiger partial charge in [0.15, 0.2) is 0 Å². The molecular weight excluding hydrogens is 590 g/mol. The number of hydrogen-bond donors (Lipinski definition) is 0. The average Bonchev–Trinajstić information content (AvgIpc) is 3.29. The molecule has 0 aliphatic heterocycles. The third kappa shape index (κ3) is 5.47. The molecule has 0 fully saturated rings. The van der Waals surface area contributed by atoms with Gasteiger partial charge in [-0.1, -0.05) is 47.5 Å². The molecule has 2 aliphatic rings. The van der Waals surface area contributed by atoms with E-state index in [1.807, 2.05) is 12.1 Å². The predicted octanol–water partition coefficient (Wildman–Crippen LogP) is 0.736. The molecule has 32 heavy (non-hydrogen) atoms. The van der Waals surface area contributed by atoms with Gasteiger partial charge in [0.05, 0.1) is 0 Å². The number of aryl methyl sites for hydroxylation is 2. The summed E-state index contributed by atoms with van der Waals surface area (Å²) in [7, 11) is 0. The number of halogens is 2. The molecule has 2 aliphatic carbocycles. The van der Waals surface area contributed by atoms with Gasteiger partial charge in [0, 0.05) is 0 Å². The van der Waals surface area contributed by atoms with Crippen LogP contribution in [0.4, 0.5) is 0 Å². The quantitative estimate of drug-likeness (QED) is 0.223. The van der Waals surface area contributed by atoms with E-state index in [1.165, 1.54) is 55.6 Å². The van der Waals surface area contributed by atoms with Crippen LogP contribution in [-0.2, 0) is 65.2 Å². The first kappa shape index (κ1) is 29.3. The van der Waals surface area contributed by atoms with Crippen molar-refractivity contribution in [3.8, 4) is 22.3 Å². The Morgan fingerprint density at radius 2 is 0.906 bits per heavy atom. The third-order valence-corrected chi connectivity index (χ3v) is 5.99. The van der Waals surface area contributed by atoms with Crippen molar-refractivity contribution >= 4 is 0 Å². The minimum atomic E-state index is 0. The first-order valence-electron chi connectivity index (χ1n) is 9.89. The first-order valence-corrected chi connectivity index (χ1v) is 9.89. The topological polar surface area (TPSA) is 0 Å². The monoisotopic (exact) mass is 608 g/mol. The van der Waals surface area contributed by atoms with E-state index in [-0.39, 0.29) is 77.2 Å². The van der Waals surface area contributed by atoms with Crippen molar-refractivity contribution < 1.29 is 77.2 Å². The van der Waals surface area contributed by atoms with Crippen LogP contribution in [-0.4, -0.2) is 0 Å². The molecule has 6 rings (SSSR count). The molecule has 0 heterocycles. The Labute approximate surface area is 242 Å². The van der Waals surface area contributed by atoms with Crippen molar-refractivity contribution in [2.24, 2.45) is 0 Å². The van der Waals surface area contributed by atoms with Gasteiger partial charge in [0.2, 0.25) is 0 Å². The van der Waals surface area contributed by atoms with Crippen LogP contribution in [0.5, 0.6) is 0 Å². The second-order valence-electron chi connectivity index (χ2n) is 7.68. The Morgan fingerprint density at radius 3 is 1.31 bits per heavy atom. The summed E-state index contributed by atoms with van der Waals surface area (Å²) in [5.74, 6) is 0. The number of rotatable bonds is 0. The molecule has 156 valence electrons. The minimum Gasteiger partial charge on any atom is -1.00 e. The Bertz CT molecular complexity index is 1110. The Hall–Kier alpha value is -0.774. The first-order chi connectivity index (χ1) is 13.7. The zero-order valence-corrected chi connectivity index (χ0v) is 24.5. The normalized spacial score (nSPS) is 10.8. The van der Waals surface area contributed by atoms with E-state index in [1.54, 1.807) is 0 Å². The second-order valence-corrected chi connectivity index (χ2v) is 7.68. The van der Waals surface area contributed by atoms with E-state index in [2.05, 4.69) is 86.6 Å². The summed E-state index contributed by atoms with van der Waals surface area (Å²) < 4.78 is 0. The molecule has 0 bridgehead atoms. The van der Waals surface area contributed by atoms with E-state index < -0.39 is 0 Å². The van der Waals surface area contributed by atoms with Crippen LogP contribution in [0.3, 0.4) is 0 Å². The van der Waals surface area contributed by atoms with Gasteiger partial charge < -0.3 is 24.8 Å². The maximum atomic E-state index is 3.32. The molecule has 4 aromatic carbocycles. The van der Waals surface area contributed by atoms with Crippen LogP contribution in [0.25, 0.3) is 22.3 Å². The zero-order valence-electron chi connectivity index (χ0n) is 18.1. The fourth-order valence-corrected chi connectivity index (χ4v) is 4.47. The minimum absolute atomic E-state index is 0. The molecule has 4 heteroatoms. The fraction of sp³-hybridized carbons (Fsp3) is 0.143. The van der Waals surface area contributed by atoms with Gasteiger partial charge in [-0.15, -0.1) is 11.1 Å². The largest absolute Gasteiger partial charge is 2.00 e. The number of hydrogen-bond acceptors (Lipinski definition) is 0. The SMILES string of the molecule is Cc1cccc2c1Cc1[c-]cccc1-2.Cc1cccc2c1Cc1[c-]cccc1-2.[Cl-].[Cl-].[Zr+2].[Zr+2]. The molecule has 0 amide bonds.